The van der Waals surface area contributed by atoms with E-state index < -0.39 is 0 Å². The predicted molar refractivity (Wildman–Crippen MR) is 68.7 cm³/mol. The van der Waals surface area contributed by atoms with Crippen molar-refractivity contribution < 1.29 is 23.4 Å². The van der Waals surface area contributed by atoms with Gasteiger partial charge in [-0.05, 0) is 12.1 Å². The average molecular weight is 266 g/mol. The first-order valence-electron chi connectivity index (χ1n) is 5.47. The van der Waals surface area contributed by atoms with Crippen molar-refractivity contribution >= 4 is 11.0 Å². The van der Waals surface area contributed by atoms with Gasteiger partial charge in [-0.1, -0.05) is 0 Å². The largest absolute Gasteiger partial charge is 0.493 e. The van der Waals surface area contributed by atoms with Gasteiger partial charge in [0.15, 0.2) is 11.5 Å². The van der Waals surface area contributed by atoms with Crippen LogP contribution in [0.15, 0.2) is 21.3 Å². The molecule has 6 nitrogen and oxygen atoms in total. The van der Waals surface area contributed by atoms with Crippen molar-refractivity contribution in [1.82, 2.24) is 0 Å². The third-order valence-electron chi connectivity index (χ3n) is 2.72. The van der Waals surface area contributed by atoms with Crippen LogP contribution in [0.1, 0.15) is 0 Å². The lowest BCUT2D eigenvalue weighted by Gasteiger charge is -2.12. The molecular formula is C13H14O6. The van der Waals surface area contributed by atoms with Crippen LogP contribution in [0.4, 0.5) is 0 Å². The molecule has 0 aliphatic rings. The minimum Gasteiger partial charge on any atom is -0.493 e. The van der Waals surface area contributed by atoms with Crippen LogP contribution in [0.25, 0.3) is 11.0 Å². The summed E-state index contributed by atoms with van der Waals surface area (Å²) >= 11 is 0. The lowest BCUT2D eigenvalue weighted by Crippen LogP contribution is -2.09. The Balaban J connectivity index is 2.93. The number of hydrogen-bond acceptors (Lipinski definition) is 6. The summed E-state index contributed by atoms with van der Waals surface area (Å²) < 4.78 is 25.9. The molecule has 0 fully saturated rings. The number of benzene rings is 1. The zero-order valence-corrected chi connectivity index (χ0v) is 11.1. The van der Waals surface area contributed by atoms with Gasteiger partial charge in [-0.25, -0.2) is 0 Å². The highest BCUT2D eigenvalue weighted by Crippen LogP contribution is 2.37. The molecule has 1 aromatic heterocycles. The summed E-state index contributed by atoms with van der Waals surface area (Å²) in [6, 6.07) is 3.26. The molecule has 0 aliphatic heterocycles. The van der Waals surface area contributed by atoms with E-state index in [-0.39, 0.29) is 22.5 Å². The summed E-state index contributed by atoms with van der Waals surface area (Å²) in [5.74, 6) is 0.748. The van der Waals surface area contributed by atoms with Crippen molar-refractivity contribution in [3.05, 3.63) is 22.4 Å². The van der Waals surface area contributed by atoms with Gasteiger partial charge in [0.05, 0.1) is 28.4 Å². The second-order valence-electron chi connectivity index (χ2n) is 3.63. The van der Waals surface area contributed by atoms with E-state index in [1.165, 1.54) is 28.4 Å². The van der Waals surface area contributed by atoms with E-state index in [9.17, 15) is 4.79 Å². The minimum atomic E-state index is -0.378. The van der Waals surface area contributed by atoms with Gasteiger partial charge in [0.25, 0.3) is 0 Å². The molecule has 0 bridgehead atoms. The highest BCUT2D eigenvalue weighted by atomic mass is 16.6. The Hall–Kier alpha value is -2.37. The molecule has 0 aliphatic carbocycles. The van der Waals surface area contributed by atoms with Crippen LogP contribution in [0.5, 0.6) is 23.2 Å². The molecule has 2 rings (SSSR count). The first kappa shape index (κ1) is 13.1. The van der Waals surface area contributed by atoms with Crippen molar-refractivity contribution in [3.8, 4) is 23.2 Å². The Kier molecular flexibility index (Phi) is 3.50. The molecule has 0 spiro atoms. The van der Waals surface area contributed by atoms with Crippen LogP contribution in [-0.2, 0) is 0 Å². The summed E-state index contributed by atoms with van der Waals surface area (Å²) in [4.78, 5) is 12.4. The van der Waals surface area contributed by atoms with E-state index in [1.807, 2.05) is 0 Å². The minimum absolute atomic E-state index is 0.0125. The fourth-order valence-corrected chi connectivity index (χ4v) is 1.87. The molecule has 102 valence electrons. The van der Waals surface area contributed by atoms with Crippen LogP contribution < -0.4 is 24.4 Å². The molecule has 2 aromatic rings. The molecule has 0 saturated carbocycles. The monoisotopic (exact) mass is 266 g/mol. The van der Waals surface area contributed by atoms with E-state index in [0.717, 1.165) is 0 Å². The number of ether oxygens (including phenoxy) is 4. The van der Waals surface area contributed by atoms with Gasteiger partial charge in [-0.15, -0.1) is 0 Å². The van der Waals surface area contributed by atoms with Gasteiger partial charge < -0.3 is 23.4 Å². The second-order valence-corrected chi connectivity index (χ2v) is 3.63. The summed E-state index contributed by atoms with van der Waals surface area (Å²) in [6.07, 6.45) is 0. The number of rotatable bonds is 4. The maximum absolute atomic E-state index is 12.4. The van der Waals surface area contributed by atoms with Crippen LogP contribution in [0, 0.1) is 0 Å². The van der Waals surface area contributed by atoms with E-state index >= 15 is 0 Å². The molecule has 6 heteroatoms. The Bertz CT molecular complexity index is 658. The third kappa shape index (κ3) is 1.95. The average Bonchev–Trinajstić information content (AvgIpc) is 2.45. The van der Waals surface area contributed by atoms with Crippen LogP contribution >= 0.6 is 0 Å². The van der Waals surface area contributed by atoms with Crippen molar-refractivity contribution in [1.29, 1.82) is 0 Å². The van der Waals surface area contributed by atoms with Crippen LogP contribution in [-0.4, -0.2) is 28.4 Å². The fraction of sp³-hybridized carbons (Fsp3) is 0.308. The highest BCUT2D eigenvalue weighted by Gasteiger charge is 2.21. The number of hydrogen-bond donors (Lipinski definition) is 0. The molecular weight excluding hydrogens is 252 g/mol. The van der Waals surface area contributed by atoms with Crippen LogP contribution in [0.2, 0.25) is 0 Å². The van der Waals surface area contributed by atoms with Gasteiger partial charge in [-0.2, -0.15) is 0 Å². The molecule has 0 N–H and O–H groups in total. The van der Waals surface area contributed by atoms with E-state index in [4.69, 9.17) is 23.4 Å². The summed E-state index contributed by atoms with van der Waals surface area (Å²) in [5, 5.41) is 0.250. The third-order valence-corrected chi connectivity index (χ3v) is 2.72. The van der Waals surface area contributed by atoms with Crippen molar-refractivity contribution in [2.24, 2.45) is 0 Å². The maximum atomic E-state index is 12.4. The maximum Gasteiger partial charge on any atom is 0.333 e. The molecule has 1 aromatic carbocycles. The summed E-state index contributed by atoms with van der Waals surface area (Å²) in [6.45, 7) is 0. The van der Waals surface area contributed by atoms with Crippen molar-refractivity contribution in [2.45, 2.75) is 0 Å². The first-order chi connectivity index (χ1) is 9.17. The topological polar surface area (TPSA) is 67.1 Å². The highest BCUT2D eigenvalue weighted by molar-refractivity contribution is 5.87. The lowest BCUT2D eigenvalue weighted by atomic mass is 10.2. The Morgan fingerprint density at radius 1 is 0.895 bits per heavy atom. The Morgan fingerprint density at radius 2 is 1.58 bits per heavy atom. The van der Waals surface area contributed by atoms with Crippen molar-refractivity contribution in [2.75, 3.05) is 28.4 Å². The van der Waals surface area contributed by atoms with Crippen molar-refractivity contribution in [3.63, 3.8) is 0 Å². The van der Waals surface area contributed by atoms with Gasteiger partial charge in [0, 0.05) is 0 Å². The molecule has 0 unspecified atom stereocenters. The zero-order valence-electron chi connectivity index (χ0n) is 11.1. The van der Waals surface area contributed by atoms with E-state index in [1.54, 1.807) is 12.1 Å². The van der Waals surface area contributed by atoms with Gasteiger partial charge >= 0.3 is 5.95 Å². The lowest BCUT2D eigenvalue weighted by molar-refractivity contribution is 0.275. The Morgan fingerprint density at radius 3 is 2.11 bits per heavy atom. The van der Waals surface area contributed by atoms with E-state index in [2.05, 4.69) is 0 Å². The molecule has 19 heavy (non-hydrogen) atoms. The Labute approximate surface area is 109 Å². The SMILES string of the molecule is COc1ccc2oc(OC)c(OC)c(=O)c2c1OC. The van der Waals surface area contributed by atoms with E-state index in [0.29, 0.717) is 17.1 Å². The van der Waals surface area contributed by atoms with Gasteiger partial charge in [0.1, 0.15) is 11.0 Å². The molecule has 0 amide bonds. The smallest absolute Gasteiger partial charge is 0.333 e. The number of methoxy groups -OCH3 is 4. The molecule has 0 atom stereocenters. The van der Waals surface area contributed by atoms with Crippen LogP contribution in [0.3, 0.4) is 0 Å². The molecule has 0 saturated heterocycles. The number of fused-ring (bicyclic) bond motifs is 1. The summed E-state index contributed by atoms with van der Waals surface area (Å²) in [5.41, 5.74) is -0.0448. The van der Waals surface area contributed by atoms with Gasteiger partial charge in [0.2, 0.25) is 11.2 Å². The summed E-state index contributed by atoms with van der Waals surface area (Å²) in [7, 11) is 5.71. The molecule has 0 radical (unpaired) electrons. The zero-order chi connectivity index (χ0) is 14.0. The first-order valence-corrected chi connectivity index (χ1v) is 5.47. The fourth-order valence-electron chi connectivity index (χ4n) is 1.87. The predicted octanol–water partition coefficient (Wildman–Crippen LogP) is 1.83. The molecule has 1 heterocycles. The quantitative estimate of drug-likeness (QED) is 0.841. The second kappa shape index (κ2) is 5.09. The standard InChI is InChI=1S/C13H14O6/c1-15-8-6-5-7-9(11(8)16-2)10(14)12(17-3)13(18-4)19-7/h5-6H,1-4H3. The van der Waals surface area contributed by atoms with Gasteiger partial charge in [-0.3, -0.25) is 4.79 Å². The normalized spacial score (nSPS) is 10.3.